The molecule has 0 saturated carbocycles. The molecule has 6 nitrogen and oxygen atoms in total. The number of anilines is 1. The summed E-state index contributed by atoms with van der Waals surface area (Å²) in [4.78, 5) is 21.2. The molecular weight excluding hydrogens is 419 g/mol. The fraction of sp³-hybridized carbons (Fsp3) is 0.385. The van der Waals surface area contributed by atoms with Crippen LogP contribution < -0.4 is 10.2 Å². The lowest BCUT2D eigenvalue weighted by atomic mass is 10.0. The Kier molecular flexibility index (Phi) is 7.40. The smallest absolute Gasteiger partial charge is 0.251 e. The van der Waals surface area contributed by atoms with E-state index in [0.29, 0.717) is 30.2 Å². The molecule has 1 unspecified atom stereocenters. The molecule has 1 aliphatic heterocycles. The van der Waals surface area contributed by atoms with Crippen LogP contribution in [0.25, 0.3) is 0 Å². The highest BCUT2D eigenvalue weighted by atomic mass is 19.1. The number of hydrogen-bond donors (Lipinski definition) is 1. The summed E-state index contributed by atoms with van der Waals surface area (Å²) in [5.74, 6) is 0.0669. The normalized spacial score (nSPS) is 15.6. The maximum absolute atomic E-state index is 15.0. The number of halogens is 1. The zero-order valence-electron chi connectivity index (χ0n) is 19.2. The summed E-state index contributed by atoms with van der Waals surface area (Å²) >= 11 is 0. The van der Waals surface area contributed by atoms with Crippen molar-refractivity contribution in [3.63, 3.8) is 0 Å². The molecule has 2 aromatic carbocycles. The largest absolute Gasteiger partial charge is 0.447 e. The Morgan fingerprint density at radius 1 is 1.09 bits per heavy atom. The number of aromatic nitrogens is 1. The van der Waals surface area contributed by atoms with Crippen LogP contribution in [0.15, 0.2) is 65.4 Å². The van der Waals surface area contributed by atoms with Gasteiger partial charge in [0.05, 0.1) is 11.9 Å². The summed E-state index contributed by atoms with van der Waals surface area (Å²) in [6, 6.07) is 15.0. The molecule has 4 rings (SSSR count). The molecule has 0 aliphatic carbocycles. The van der Waals surface area contributed by atoms with Crippen molar-refractivity contribution in [3.05, 3.63) is 83.8 Å². The standard InChI is InChI=1S/C26H31FN4O2/c1-3-21(4-2)29-25(32)20-10-11-23(22(27)18-20)30-13-15-31(16-14-30)24(26-28-12-17-33-26)19-8-6-5-7-9-19/h5-12,17-18,21,24H,3-4,13-16H2,1-2H3,(H,29,32). The Bertz CT molecular complexity index is 1030. The molecule has 0 radical (unpaired) electrons. The molecule has 1 saturated heterocycles. The van der Waals surface area contributed by atoms with Gasteiger partial charge in [-0.2, -0.15) is 0 Å². The molecular formula is C26H31FN4O2. The predicted octanol–water partition coefficient (Wildman–Crippen LogP) is 4.64. The number of benzene rings is 2. The van der Waals surface area contributed by atoms with E-state index in [9.17, 15) is 9.18 Å². The van der Waals surface area contributed by atoms with Gasteiger partial charge in [-0.1, -0.05) is 44.2 Å². The summed E-state index contributed by atoms with van der Waals surface area (Å²) in [6.45, 7) is 6.86. The van der Waals surface area contributed by atoms with Crippen LogP contribution in [-0.4, -0.2) is 48.0 Å². The van der Waals surface area contributed by atoms with Crippen LogP contribution in [0.3, 0.4) is 0 Å². The Balaban J connectivity index is 1.44. The van der Waals surface area contributed by atoms with Crippen molar-refractivity contribution in [3.8, 4) is 0 Å². The van der Waals surface area contributed by atoms with Crippen molar-refractivity contribution >= 4 is 11.6 Å². The van der Waals surface area contributed by atoms with E-state index in [0.717, 1.165) is 31.5 Å². The predicted molar refractivity (Wildman–Crippen MR) is 127 cm³/mol. The third-order valence-corrected chi connectivity index (χ3v) is 6.35. The minimum Gasteiger partial charge on any atom is -0.447 e. The van der Waals surface area contributed by atoms with Gasteiger partial charge in [0.25, 0.3) is 5.91 Å². The van der Waals surface area contributed by atoms with Crippen LogP contribution >= 0.6 is 0 Å². The third kappa shape index (κ3) is 5.25. The number of piperazine rings is 1. The zero-order valence-corrected chi connectivity index (χ0v) is 19.2. The van der Waals surface area contributed by atoms with Gasteiger partial charge in [-0.15, -0.1) is 0 Å². The van der Waals surface area contributed by atoms with Gasteiger partial charge in [-0.25, -0.2) is 9.37 Å². The fourth-order valence-electron chi connectivity index (χ4n) is 4.40. The number of hydrogen-bond acceptors (Lipinski definition) is 5. The fourth-order valence-corrected chi connectivity index (χ4v) is 4.40. The van der Waals surface area contributed by atoms with Gasteiger partial charge < -0.3 is 14.6 Å². The van der Waals surface area contributed by atoms with Gasteiger partial charge in [0, 0.05) is 37.8 Å². The average Bonchev–Trinajstić information content (AvgIpc) is 3.38. The van der Waals surface area contributed by atoms with Gasteiger partial charge >= 0.3 is 0 Å². The van der Waals surface area contributed by atoms with Crippen molar-refractivity contribution in [2.24, 2.45) is 0 Å². The number of carbonyl (C=O) groups is 1. The summed E-state index contributed by atoms with van der Waals surface area (Å²) < 4.78 is 20.6. The topological polar surface area (TPSA) is 61.6 Å². The highest BCUT2D eigenvalue weighted by molar-refractivity contribution is 5.94. The molecule has 1 fully saturated rings. The highest BCUT2D eigenvalue weighted by Gasteiger charge is 2.30. The summed E-state index contributed by atoms with van der Waals surface area (Å²) in [7, 11) is 0. The average molecular weight is 451 g/mol. The Labute approximate surface area is 194 Å². The van der Waals surface area contributed by atoms with E-state index in [1.165, 1.54) is 6.07 Å². The molecule has 7 heteroatoms. The second-order valence-electron chi connectivity index (χ2n) is 8.36. The van der Waals surface area contributed by atoms with E-state index >= 15 is 0 Å². The van der Waals surface area contributed by atoms with Gasteiger partial charge in [0.15, 0.2) is 0 Å². The van der Waals surface area contributed by atoms with E-state index in [2.05, 4.69) is 27.3 Å². The maximum atomic E-state index is 15.0. The van der Waals surface area contributed by atoms with Crippen LogP contribution in [0.1, 0.15) is 54.5 Å². The van der Waals surface area contributed by atoms with Gasteiger partial charge in [0.2, 0.25) is 5.89 Å². The molecule has 1 atom stereocenters. The molecule has 1 aromatic heterocycles. The van der Waals surface area contributed by atoms with E-state index < -0.39 is 0 Å². The lowest BCUT2D eigenvalue weighted by Crippen LogP contribution is -2.48. The van der Waals surface area contributed by atoms with Crippen molar-refractivity contribution in [2.45, 2.75) is 38.8 Å². The lowest BCUT2D eigenvalue weighted by molar-refractivity contribution is 0.0934. The molecule has 1 N–H and O–H groups in total. The molecule has 0 spiro atoms. The summed E-state index contributed by atoms with van der Waals surface area (Å²) in [5.41, 5.74) is 2.00. The second-order valence-corrected chi connectivity index (χ2v) is 8.36. The quantitative estimate of drug-likeness (QED) is 0.542. The first kappa shape index (κ1) is 23.0. The first-order valence-electron chi connectivity index (χ1n) is 11.6. The van der Waals surface area contributed by atoms with E-state index in [1.54, 1.807) is 24.6 Å². The molecule has 1 aliphatic rings. The summed E-state index contributed by atoms with van der Waals surface area (Å²) in [6.07, 6.45) is 4.96. The molecule has 2 heterocycles. The Hall–Kier alpha value is -3.19. The molecule has 1 amide bonds. The monoisotopic (exact) mass is 450 g/mol. The maximum Gasteiger partial charge on any atom is 0.251 e. The van der Waals surface area contributed by atoms with Crippen molar-refractivity contribution in [2.75, 3.05) is 31.1 Å². The number of nitrogens with zero attached hydrogens (tertiary/aromatic N) is 3. The first-order chi connectivity index (χ1) is 16.1. The van der Waals surface area contributed by atoms with Crippen molar-refractivity contribution in [1.82, 2.24) is 15.2 Å². The molecule has 0 bridgehead atoms. The van der Waals surface area contributed by atoms with Crippen LogP contribution in [0.5, 0.6) is 0 Å². The summed E-state index contributed by atoms with van der Waals surface area (Å²) in [5, 5.41) is 2.97. The van der Waals surface area contributed by atoms with Crippen LogP contribution in [0, 0.1) is 5.82 Å². The van der Waals surface area contributed by atoms with Crippen molar-refractivity contribution in [1.29, 1.82) is 0 Å². The third-order valence-electron chi connectivity index (χ3n) is 6.35. The number of oxazole rings is 1. The number of amides is 1. The van der Waals surface area contributed by atoms with Crippen molar-refractivity contribution < 1.29 is 13.6 Å². The molecule has 174 valence electrons. The first-order valence-corrected chi connectivity index (χ1v) is 11.6. The van der Waals surface area contributed by atoms with Crippen LogP contribution in [0.2, 0.25) is 0 Å². The lowest BCUT2D eigenvalue weighted by Gasteiger charge is -2.39. The van der Waals surface area contributed by atoms with Crippen LogP contribution in [-0.2, 0) is 0 Å². The second kappa shape index (κ2) is 10.6. The minimum absolute atomic E-state index is 0.0793. The van der Waals surface area contributed by atoms with Gasteiger partial charge in [0.1, 0.15) is 18.1 Å². The molecule has 3 aromatic rings. The van der Waals surface area contributed by atoms with Crippen LogP contribution in [0.4, 0.5) is 10.1 Å². The Morgan fingerprint density at radius 3 is 2.42 bits per heavy atom. The van der Waals surface area contributed by atoms with Gasteiger partial charge in [-0.3, -0.25) is 9.69 Å². The Morgan fingerprint density at radius 2 is 1.82 bits per heavy atom. The zero-order chi connectivity index (χ0) is 23.2. The van der Waals surface area contributed by atoms with E-state index in [1.807, 2.05) is 36.9 Å². The number of carbonyl (C=O) groups excluding carboxylic acids is 1. The number of nitrogens with one attached hydrogen (secondary N) is 1. The number of rotatable bonds is 8. The molecule has 33 heavy (non-hydrogen) atoms. The SMILES string of the molecule is CCC(CC)NC(=O)c1ccc(N2CCN(C(c3ccccc3)c3ncco3)CC2)c(F)c1. The highest BCUT2D eigenvalue weighted by Crippen LogP contribution is 2.30. The van der Waals surface area contributed by atoms with Gasteiger partial charge in [-0.05, 0) is 36.6 Å². The van der Waals surface area contributed by atoms with E-state index in [4.69, 9.17) is 4.42 Å². The minimum atomic E-state index is -0.368. The van der Waals surface area contributed by atoms with E-state index in [-0.39, 0.29) is 23.8 Å².